The molecule has 1 nitrogen and oxygen atoms in total. The molecule has 14 heavy (non-hydrogen) atoms. The summed E-state index contributed by atoms with van der Waals surface area (Å²) in [7, 11) is 0. The van der Waals surface area contributed by atoms with Gasteiger partial charge in [-0.3, -0.25) is 0 Å². The average Bonchev–Trinajstić information content (AvgIpc) is 2.27. The van der Waals surface area contributed by atoms with E-state index < -0.39 is 6.17 Å². The molecular formula is C12H14FN. The Morgan fingerprint density at radius 2 is 2.29 bits per heavy atom. The zero-order chi connectivity index (χ0) is 9.97. The van der Waals surface area contributed by atoms with Crippen molar-refractivity contribution < 1.29 is 4.39 Å². The molecule has 0 bridgehead atoms. The van der Waals surface area contributed by atoms with Crippen molar-refractivity contribution in [3.05, 3.63) is 48.0 Å². The minimum absolute atomic E-state index is 0.211. The summed E-state index contributed by atoms with van der Waals surface area (Å²) in [6.07, 6.45) is 1.34. The Labute approximate surface area is 83.6 Å². The Hall–Kier alpha value is -1.15. The summed E-state index contributed by atoms with van der Waals surface area (Å²) in [6, 6.07) is 7.80. The molecule has 1 aromatic rings. The van der Waals surface area contributed by atoms with Crippen LogP contribution in [0.1, 0.15) is 17.2 Å². The largest absolute Gasteiger partial charge is 0.307 e. The van der Waals surface area contributed by atoms with Crippen LogP contribution in [0.25, 0.3) is 0 Å². The van der Waals surface area contributed by atoms with Crippen LogP contribution in [0.5, 0.6) is 0 Å². The molecule has 74 valence electrons. The molecule has 0 saturated carbocycles. The van der Waals surface area contributed by atoms with Gasteiger partial charge in [-0.25, -0.2) is 4.39 Å². The van der Waals surface area contributed by atoms with Gasteiger partial charge in [0.25, 0.3) is 0 Å². The number of hydrogen-bond acceptors (Lipinski definition) is 1. The van der Waals surface area contributed by atoms with E-state index in [1.165, 1.54) is 11.6 Å². The van der Waals surface area contributed by atoms with Crippen molar-refractivity contribution >= 4 is 0 Å². The highest BCUT2D eigenvalue weighted by molar-refractivity contribution is 5.33. The fourth-order valence-corrected chi connectivity index (χ4v) is 1.96. The van der Waals surface area contributed by atoms with E-state index in [1.54, 1.807) is 0 Å². The number of fused-ring (bicyclic) bond motifs is 1. The molecule has 1 heterocycles. The van der Waals surface area contributed by atoms with E-state index in [2.05, 4.69) is 18.0 Å². The molecule has 2 rings (SSSR count). The lowest BCUT2D eigenvalue weighted by Gasteiger charge is -2.28. The summed E-state index contributed by atoms with van der Waals surface area (Å²) in [6.45, 7) is 4.34. The smallest absolute Gasteiger partial charge is 0.137 e. The Morgan fingerprint density at radius 3 is 3.07 bits per heavy atom. The number of hydrogen-bond donors (Lipinski definition) is 1. The maximum atomic E-state index is 13.5. The SMILES string of the molecule is C=CC(F)C1NCCc2ccccc21. The van der Waals surface area contributed by atoms with Gasteiger partial charge in [-0.1, -0.05) is 30.3 Å². The third-order valence-corrected chi connectivity index (χ3v) is 2.69. The summed E-state index contributed by atoms with van der Waals surface area (Å²) in [5.74, 6) is 0. The molecule has 0 aliphatic carbocycles. The molecule has 1 aromatic carbocycles. The molecule has 2 heteroatoms. The van der Waals surface area contributed by atoms with Gasteiger partial charge in [0, 0.05) is 0 Å². The number of alkyl halides is 1. The predicted octanol–water partition coefficient (Wildman–Crippen LogP) is 2.40. The quantitative estimate of drug-likeness (QED) is 0.708. The Bertz CT molecular complexity index is 335. The van der Waals surface area contributed by atoms with Gasteiger partial charge in [-0.15, -0.1) is 6.58 Å². The van der Waals surface area contributed by atoms with Crippen LogP contribution in [0.3, 0.4) is 0 Å². The number of halogens is 1. The van der Waals surface area contributed by atoms with Crippen molar-refractivity contribution in [3.63, 3.8) is 0 Å². The molecule has 0 fully saturated rings. The zero-order valence-electron chi connectivity index (χ0n) is 8.04. The molecule has 0 aromatic heterocycles. The van der Waals surface area contributed by atoms with E-state index in [9.17, 15) is 4.39 Å². The summed E-state index contributed by atoms with van der Waals surface area (Å²) >= 11 is 0. The van der Waals surface area contributed by atoms with E-state index >= 15 is 0 Å². The van der Waals surface area contributed by atoms with Gasteiger partial charge in [0.05, 0.1) is 6.04 Å². The summed E-state index contributed by atoms with van der Waals surface area (Å²) < 4.78 is 13.5. The topological polar surface area (TPSA) is 12.0 Å². The Morgan fingerprint density at radius 1 is 1.50 bits per heavy atom. The van der Waals surface area contributed by atoms with Gasteiger partial charge in [0.15, 0.2) is 0 Å². The van der Waals surface area contributed by atoms with Crippen LogP contribution < -0.4 is 5.32 Å². The molecule has 0 spiro atoms. The fourth-order valence-electron chi connectivity index (χ4n) is 1.96. The highest BCUT2D eigenvalue weighted by Crippen LogP contribution is 2.26. The second kappa shape index (κ2) is 3.93. The Kier molecular flexibility index (Phi) is 2.64. The maximum absolute atomic E-state index is 13.5. The monoisotopic (exact) mass is 191 g/mol. The molecule has 1 aliphatic heterocycles. The van der Waals surface area contributed by atoms with Crippen molar-refractivity contribution in [3.8, 4) is 0 Å². The average molecular weight is 191 g/mol. The van der Waals surface area contributed by atoms with Crippen LogP contribution in [-0.4, -0.2) is 12.7 Å². The second-order valence-electron chi connectivity index (χ2n) is 3.56. The third kappa shape index (κ3) is 1.58. The first-order chi connectivity index (χ1) is 6.83. The van der Waals surface area contributed by atoms with Crippen LogP contribution in [0.2, 0.25) is 0 Å². The second-order valence-corrected chi connectivity index (χ2v) is 3.56. The summed E-state index contributed by atoms with van der Waals surface area (Å²) in [5, 5.41) is 3.18. The van der Waals surface area contributed by atoms with Gasteiger partial charge < -0.3 is 5.32 Å². The van der Waals surface area contributed by atoms with Gasteiger partial charge in [-0.2, -0.15) is 0 Å². The maximum Gasteiger partial charge on any atom is 0.137 e. The first-order valence-electron chi connectivity index (χ1n) is 4.90. The van der Waals surface area contributed by atoms with Crippen LogP contribution >= 0.6 is 0 Å². The summed E-state index contributed by atoms with van der Waals surface area (Å²) in [5.41, 5.74) is 2.33. The lowest BCUT2D eigenvalue weighted by molar-refractivity contribution is 0.296. The van der Waals surface area contributed by atoms with E-state index in [4.69, 9.17) is 0 Å². The van der Waals surface area contributed by atoms with Crippen molar-refractivity contribution in [2.75, 3.05) is 6.54 Å². The number of benzene rings is 1. The lowest BCUT2D eigenvalue weighted by atomic mass is 9.92. The van der Waals surface area contributed by atoms with E-state index in [1.807, 2.05) is 18.2 Å². The van der Waals surface area contributed by atoms with Gasteiger partial charge in [0.2, 0.25) is 0 Å². The highest BCUT2D eigenvalue weighted by Gasteiger charge is 2.24. The van der Waals surface area contributed by atoms with E-state index in [0.29, 0.717) is 0 Å². The predicted molar refractivity (Wildman–Crippen MR) is 56.0 cm³/mol. The van der Waals surface area contributed by atoms with Crippen LogP contribution in [-0.2, 0) is 6.42 Å². The standard InChI is InChI=1S/C12H14FN/c1-2-11(13)12-10-6-4-3-5-9(10)7-8-14-12/h2-6,11-12,14H,1,7-8H2. The highest BCUT2D eigenvalue weighted by atomic mass is 19.1. The molecular weight excluding hydrogens is 177 g/mol. The minimum atomic E-state index is -1.00. The first kappa shape index (κ1) is 9.41. The third-order valence-electron chi connectivity index (χ3n) is 2.69. The molecule has 0 saturated heterocycles. The number of rotatable bonds is 2. The van der Waals surface area contributed by atoms with Crippen molar-refractivity contribution in [2.24, 2.45) is 0 Å². The van der Waals surface area contributed by atoms with E-state index in [0.717, 1.165) is 18.5 Å². The van der Waals surface area contributed by atoms with Gasteiger partial charge in [-0.05, 0) is 24.1 Å². The summed E-state index contributed by atoms with van der Waals surface area (Å²) in [4.78, 5) is 0. The molecule has 0 radical (unpaired) electrons. The van der Waals surface area contributed by atoms with E-state index in [-0.39, 0.29) is 6.04 Å². The van der Waals surface area contributed by atoms with Crippen LogP contribution in [0, 0.1) is 0 Å². The number of nitrogens with one attached hydrogen (secondary N) is 1. The molecule has 2 atom stereocenters. The van der Waals surface area contributed by atoms with Crippen molar-refractivity contribution in [2.45, 2.75) is 18.6 Å². The molecule has 2 unspecified atom stereocenters. The lowest BCUT2D eigenvalue weighted by Crippen LogP contribution is -2.34. The van der Waals surface area contributed by atoms with Crippen molar-refractivity contribution in [1.29, 1.82) is 0 Å². The van der Waals surface area contributed by atoms with Crippen molar-refractivity contribution in [1.82, 2.24) is 5.32 Å². The molecule has 1 aliphatic rings. The minimum Gasteiger partial charge on any atom is -0.307 e. The van der Waals surface area contributed by atoms with Gasteiger partial charge in [0.1, 0.15) is 6.17 Å². The zero-order valence-corrected chi connectivity index (χ0v) is 8.04. The fraction of sp³-hybridized carbons (Fsp3) is 0.333. The normalized spacial score (nSPS) is 22.5. The van der Waals surface area contributed by atoms with Crippen LogP contribution in [0.15, 0.2) is 36.9 Å². The Balaban J connectivity index is 2.35. The van der Waals surface area contributed by atoms with Crippen LogP contribution in [0.4, 0.5) is 4.39 Å². The van der Waals surface area contributed by atoms with Gasteiger partial charge >= 0.3 is 0 Å². The molecule has 0 amide bonds. The molecule has 1 N–H and O–H groups in total. The first-order valence-corrected chi connectivity index (χ1v) is 4.90.